The van der Waals surface area contributed by atoms with Gasteiger partial charge in [-0.1, -0.05) is 78.1 Å². The summed E-state index contributed by atoms with van der Waals surface area (Å²) in [7, 11) is 0. The zero-order valence-corrected chi connectivity index (χ0v) is 25.7. The van der Waals surface area contributed by atoms with Gasteiger partial charge in [0.2, 0.25) is 0 Å². The minimum atomic E-state index is -0.938. The summed E-state index contributed by atoms with van der Waals surface area (Å²) in [5.74, 6) is 0.0672. The predicted octanol–water partition coefficient (Wildman–Crippen LogP) is 5.75. The standard InChI is InChI=1S/C35H29N3O6S/c1-4-43-34(40)31-22(3)36-35-37(32(31)25-15-12-21(2)29(19-25)38(41)42)33(39)30(45-35)18-23-13-16-27(17-14-23)44-20-26-10-7-9-24-8-5-6-11-28(24)26/h5-19,32H,4,20H2,1-3H3/b30-18+/t32-/m1/s1. The minimum absolute atomic E-state index is 0.102. The Morgan fingerprint density at radius 1 is 1.04 bits per heavy atom. The number of nitro groups is 1. The fourth-order valence-electron chi connectivity index (χ4n) is 5.49. The topological polar surface area (TPSA) is 113 Å². The maximum absolute atomic E-state index is 13.9. The summed E-state index contributed by atoms with van der Waals surface area (Å²) in [5, 5.41) is 14.1. The molecule has 1 aromatic heterocycles. The molecule has 2 heterocycles. The van der Waals surface area contributed by atoms with Crippen molar-refractivity contribution in [1.29, 1.82) is 0 Å². The van der Waals surface area contributed by atoms with Crippen LogP contribution in [-0.2, 0) is 16.1 Å². The molecule has 45 heavy (non-hydrogen) atoms. The normalized spacial score (nSPS) is 14.6. The molecule has 0 fully saturated rings. The fourth-order valence-corrected chi connectivity index (χ4v) is 6.54. The summed E-state index contributed by atoms with van der Waals surface area (Å²) in [5.41, 5.74) is 2.85. The van der Waals surface area contributed by atoms with E-state index in [9.17, 15) is 19.7 Å². The van der Waals surface area contributed by atoms with Crippen molar-refractivity contribution in [3.8, 4) is 5.75 Å². The Labute approximate surface area is 262 Å². The van der Waals surface area contributed by atoms with Crippen LogP contribution in [-0.4, -0.2) is 22.1 Å². The number of hydrogen-bond donors (Lipinski definition) is 0. The van der Waals surface area contributed by atoms with E-state index in [-0.39, 0.29) is 23.4 Å². The van der Waals surface area contributed by atoms with Crippen LogP contribution in [0.4, 0.5) is 5.69 Å². The van der Waals surface area contributed by atoms with E-state index in [1.807, 2.05) is 48.5 Å². The molecule has 0 N–H and O–H groups in total. The van der Waals surface area contributed by atoms with Crippen molar-refractivity contribution in [3.63, 3.8) is 0 Å². The van der Waals surface area contributed by atoms with Gasteiger partial charge >= 0.3 is 5.97 Å². The number of carbonyl (C=O) groups excluding carboxylic acids is 1. The van der Waals surface area contributed by atoms with Gasteiger partial charge in [0, 0.05) is 11.6 Å². The van der Waals surface area contributed by atoms with Gasteiger partial charge in [0.25, 0.3) is 11.2 Å². The molecule has 0 aliphatic carbocycles. The van der Waals surface area contributed by atoms with Crippen LogP contribution >= 0.6 is 11.3 Å². The monoisotopic (exact) mass is 619 g/mol. The van der Waals surface area contributed by atoms with Crippen LogP contribution in [0.3, 0.4) is 0 Å². The molecule has 0 bridgehead atoms. The molecule has 1 aliphatic rings. The minimum Gasteiger partial charge on any atom is -0.489 e. The van der Waals surface area contributed by atoms with Gasteiger partial charge in [-0.05, 0) is 66.4 Å². The largest absolute Gasteiger partial charge is 0.489 e. The van der Waals surface area contributed by atoms with Crippen LogP contribution in [0.15, 0.2) is 106 Å². The van der Waals surface area contributed by atoms with Crippen molar-refractivity contribution < 1.29 is 19.2 Å². The van der Waals surface area contributed by atoms with Gasteiger partial charge in [-0.15, -0.1) is 0 Å². The van der Waals surface area contributed by atoms with Gasteiger partial charge in [-0.3, -0.25) is 19.5 Å². The van der Waals surface area contributed by atoms with Gasteiger partial charge in [-0.2, -0.15) is 0 Å². The summed E-state index contributed by atoms with van der Waals surface area (Å²) >= 11 is 1.19. The summed E-state index contributed by atoms with van der Waals surface area (Å²) in [6, 6.07) is 25.5. The van der Waals surface area contributed by atoms with E-state index in [1.54, 1.807) is 39.0 Å². The first kappa shape index (κ1) is 29.7. The lowest BCUT2D eigenvalue weighted by molar-refractivity contribution is -0.385. The third kappa shape index (κ3) is 5.80. The highest BCUT2D eigenvalue weighted by molar-refractivity contribution is 7.07. The number of benzene rings is 4. The number of fused-ring (bicyclic) bond motifs is 2. The number of thiazole rings is 1. The maximum atomic E-state index is 13.9. The van der Waals surface area contributed by atoms with Crippen LogP contribution in [0.1, 0.15) is 42.1 Å². The molecule has 0 saturated heterocycles. The molecule has 0 radical (unpaired) electrons. The first-order chi connectivity index (χ1) is 21.7. The fraction of sp³-hybridized carbons (Fsp3) is 0.171. The third-order valence-corrected chi connectivity index (χ3v) is 8.70. The summed E-state index contributed by atoms with van der Waals surface area (Å²) in [4.78, 5) is 43.3. The molecule has 1 atom stereocenters. The number of nitro benzene ring substituents is 1. The number of ether oxygens (including phenoxy) is 2. The zero-order valence-electron chi connectivity index (χ0n) is 24.9. The van der Waals surface area contributed by atoms with Gasteiger partial charge in [0.1, 0.15) is 12.4 Å². The maximum Gasteiger partial charge on any atom is 0.338 e. The van der Waals surface area contributed by atoms with Crippen LogP contribution < -0.4 is 19.6 Å². The van der Waals surface area contributed by atoms with Gasteiger partial charge in [0.05, 0.1) is 33.4 Å². The van der Waals surface area contributed by atoms with E-state index < -0.39 is 16.9 Å². The van der Waals surface area contributed by atoms with Crippen LogP contribution in [0.2, 0.25) is 0 Å². The van der Waals surface area contributed by atoms with E-state index in [1.165, 1.54) is 22.0 Å². The molecule has 0 amide bonds. The second kappa shape index (κ2) is 12.3. The second-order valence-corrected chi connectivity index (χ2v) is 11.6. The average molecular weight is 620 g/mol. The average Bonchev–Trinajstić information content (AvgIpc) is 3.33. The Bertz CT molecular complexity index is 2170. The molecule has 10 heteroatoms. The van der Waals surface area contributed by atoms with Gasteiger partial charge in [-0.25, -0.2) is 9.79 Å². The van der Waals surface area contributed by atoms with E-state index in [0.717, 1.165) is 21.9 Å². The Kier molecular flexibility index (Phi) is 8.14. The molecule has 226 valence electrons. The molecule has 9 nitrogen and oxygen atoms in total. The summed E-state index contributed by atoms with van der Waals surface area (Å²) in [6.45, 7) is 5.55. The molecular formula is C35H29N3O6S. The molecule has 0 spiro atoms. The number of aryl methyl sites for hydroxylation is 1. The number of rotatable bonds is 8. The predicted molar refractivity (Wildman–Crippen MR) is 173 cm³/mol. The number of allylic oxidation sites excluding steroid dienone is 1. The van der Waals surface area contributed by atoms with Crippen molar-refractivity contribution in [2.24, 2.45) is 4.99 Å². The molecule has 4 aromatic carbocycles. The van der Waals surface area contributed by atoms with Crippen LogP contribution in [0, 0.1) is 17.0 Å². The molecule has 0 unspecified atom stereocenters. The number of carbonyl (C=O) groups is 1. The van der Waals surface area contributed by atoms with Crippen molar-refractivity contribution in [2.75, 3.05) is 6.61 Å². The SMILES string of the molecule is CCOC(=O)C1=C(C)N=c2s/c(=C/c3ccc(OCc4cccc5ccccc45)cc3)c(=O)n2[C@@H]1c1ccc(C)c([N+](=O)[O-])c1. The molecule has 0 saturated carbocycles. The number of hydrogen-bond acceptors (Lipinski definition) is 8. The molecule has 1 aliphatic heterocycles. The van der Waals surface area contributed by atoms with Crippen molar-refractivity contribution in [3.05, 3.63) is 148 Å². The van der Waals surface area contributed by atoms with Crippen molar-refractivity contribution in [2.45, 2.75) is 33.4 Å². The first-order valence-electron chi connectivity index (χ1n) is 14.4. The quantitative estimate of drug-likeness (QED) is 0.124. The number of nitrogens with zero attached hydrogens (tertiary/aromatic N) is 3. The Morgan fingerprint density at radius 2 is 1.80 bits per heavy atom. The second-order valence-electron chi connectivity index (χ2n) is 10.6. The van der Waals surface area contributed by atoms with E-state index >= 15 is 0 Å². The first-order valence-corrected chi connectivity index (χ1v) is 15.2. The van der Waals surface area contributed by atoms with E-state index in [4.69, 9.17) is 9.47 Å². The van der Waals surface area contributed by atoms with Crippen molar-refractivity contribution >= 4 is 39.8 Å². The van der Waals surface area contributed by atoms with Crippen LogP contribution in [0.25, 0.3) is 16.8 Å². The van der Waals surface area contributed by atoms with Gasteiger partial charge in [0.15, 0.2) is 4.80 Å². The highest BCUT2D eigenvalue weighted by Gasteiger charge is 2.34. The highest BCUT2D eigenvalue weighted by atomic mass is 32.1. The summed E-state index contributed by atoms with van der Waals surface area (Å²) in [6.07, 6.45) is 1.76. The Morgan fingerprint density at radius 3 is 2.56 bits per heavy atom. The van der Waals surface area contributed by atoms with E-state index in [0.29, 0.717) is 38.5 Å². The van der Waals surface area contributed by atoms with Crippen LogP contribution in [0.5, 0.6) is 5.75 Å². The van der Waals surface area contributed by atoms with Gasteiger partial charge < -0.3 is 9.47 Å². The third-order valence-electron chi connectivity index (χ3n) is 7.71. The highest BCUT2D eigenvalue weighted by Crippen LogP contribution is 2.33. The van der Waals surface area contributed by atoms with Crippen molar-refractivity contribution in [1.82, 2.24) is 4.57 Å². The number of aromatic nitrogens is 1. The lowest BCUT2D eigenvalue weighted by Gasteiger charge is -2.24. The lowest BCUT2D eigenvalue weighted by Crippen LogP contribution is -2.40. The smallest absolute Gasteiger partial charge is 0.338 e. The molecular weight excluding hydrogens is 590 g/mol. The molecule has 6 rings (SSSR count). The van der Waals surface area contributed by atoms with E-state index in [2.05, 4.69) is 23.2 Å². The Hall–Kier alpha value is -5.35. The zero-order chi connectivity index (χ0) is 31.7. The molecule has 5 aromatic rings. The lowest BCUT2D eigenvalue weighted by atomic mass is 9.94. The summed E-state index contributed by atoms with van der Waals surface area (Å²) < 4.78 is 13.2. The number of esters is 1. The Balaban J connectivity index is 1.35.